The fourth-order valence-corrected chi connectivity index (χ4v) is 8.59. The number of aromatic nitrogens is 4. The molecule has 1 N–H and O–H groups in total. The zero-order valence-corrected chi connectivity index (χ0v) is 31.0. The van der Waals surface area contributed by atoms with E-state index in [2.05, 4.69) is 130 Å². The van der Waals surface area contributed by atoms with Gasteiger partial charge in [0.25, 0.3) is 0 Å². The lowest BCUT2D eigenvalue weighted by molar-refractivity contribution is 0.669. The maximum Gasteiger partial charge on any atom is 0.164 e. The maximum atomic E-state index is 6.60. The Balaban J connectivity index is 1.12. The number of hydrogen-bond acceptors (Lipinski definition) is 6. The van der Waals surface area contributed by atoms with Gasteiger partial charge in [-0.2, -0.15) is 0 Å². The van der Waals surface area contributed by atoms with Crippen LogP contribution < -0.4 is 10.2 Å². The second-order valence-electron chi connectivity index (χ2n) is 14.5. The van der Waals surface area contributed by atoms with Crippen molar-refractivity contribution in [2.24, 2.45) is 0 Å². The van der Waals surface area contributed by atoms with E-state index >= 15 is 0 Å². The molecule has 3 aromatic heterocycles. The summed E-state index contributed by atoms with van der Waals surface area (Å²) in [7, 11) is 0. The zero-order valence-electron chi connectivity index (χ0n) is 31.0. The van der Waals surface area contributed by atoms with Gasteiger partial charge < -0.3 is 19.2 Å². The number of rotatable bonds is 5. The van der Waals surface area contributed by atoms with Gasteiger partial charge in [0.2, 0.25) is 0 Å². The van der Waals surface area contributed by atoms with Crippen molar-refractivity contribution in [3.05, 3.63) is 188 Å². The van der Waals surface area contributed by atoms with Crippen LogP contribution in [0.1, 0.15) is 0 Å². The average molecular weight is 745 g/mol. The van der Waals surface area contributed by atoms with Crippen molar-refractivity contribution in [3.8, 4) is 39.9 Å². The fraction of sp³-hybridized carbons (Fsp3) is 0. The van der Waals surface area contributed by atoms with Crippen molar-refractivity contribution in [3.63, 3.8) is 0 Å². The van der Waals surface area contributed by atoms with Gasteiger partial charge in [-0.15, -0.1) is 0 Å². The van der Waals surface area contributed by atoms with Crippen LogP contribution >= 0.6 is 0 Å². The minimum Gasteiger partial charge on any atom is -0.456 e. The van der Waals surface area contributed by atoms with Gasteiger partial charge in [0, 0.05) is 49.6 Å². The molecule has 0 saturated heterocycles. The molecule has 0 unspecified atom stereocenters. The lowest BCUT2D eigenvalue weighted by atomic mass is 10.0. The molecule has 1 aliphatic rings. The summed E-state index contributed by atoms with van der Waals surface area (Å²) in [5.41, 5.74) is 12.9. The van der Waals surface area contributed by atoms with Gasteiger partial charge in [-0.05, 0) is 66.7 Å². The SMILES string of the molecule is c1ccc(-c2nc(-c3ccccc3)nc(-c3cccc4oc5ccc(-n6c7ccccc7c7ccc8c(c76)N(c6ccccc6)c6ccccc6N8)cc5c34)n2)cc1. The van der Waals surface area contributed by atoms with Gasteiger partial charge >= 0.3 is 0 Å². The van der Waals surface area contributed by atoms with Crippen molar-refractivity contribution < 1.29 is 4.42 Å². The first-order valence-corrected chi connectivity index (χ1v) is 19.4. The van der Waals surface area contributed by atoms with E-state index in [1.54, 1.807) is 0 Å². The molecule has 0 atom stereocenters. The van der Waals surface area contributed by atoms with Gasteiger partial charge in [-0.25, -0.2) is 15.0 Å². The fourth-order valence-electron chi connectivity index (χ4n) is 8.59. The highest BCUT2D eigenvalue weighted by Gasteiger charge is 2.29. The summed E-state index contributed by atoms with van der Waals surface area (Å²) in [5.74, 6) is 1.81. The number of nitrogens with one attached hydrogen (secondary N) is 1. The van der Waals surface area contributed by atoms with Crippen LogP contribution in [0.5, 0.6) is 0 Å². The van der Waals surface area contributed by atoms with Crippen LogP contribution in [-0.2, 0) is 0 Å². The summed E-state index contributed by atoms with van der Waals surface area (Å²) >= 11 is 0. The Kier molecular flexibility index (Phi) is 7.09. The first-order chi connectivity index (χ1) is 28.8. The Bertz CT molecular complexity index is 3320. The van der Waals surface area contributed by atoms with E-state index in [1.165, 1.54) is 10.8 Å². The largest absolute Gasteiger partial charge is 0.456 e. The van der Waals surface area contributed by atoms with Crippen molar-refractivity contribution in [1.82, 2.24) is 19.5 Å². The topological polar surface area (TPSA) is 72.0 Å². The molecule has 0 aliphatic carbocycles. The van der Waals surface area contributed by atoms with Crippen LogP contribution in [0.2, 0.25) is 0 Å². The van der Waals surface area contributed by atoms with Crippen LogP contribution in [0.4, 0.5) is 28.4 Å². The highest BCUT2D eigenvalue weighted by Crippen LogP contribution is 2.53. The van der Waals surface area contributed by atoms with Gasteiger partial charge in [0.05, 0.1) is 33.8 Å². The van der Waals surface area contributed by atoms with Crippen LogP contribution in [0, 0.1) is 0 Å². The van der Waals surface area contributed by atoms with Crippen LogP contribution in [0.25, 0.3) is 83.6 Å². The molecule has 0 fully saturated rings. The van der Waals surface area contributed by atoms with E-state index in [9.17, 15) is 0 Å². The molecule has 0 bridgehead atoms. The standard InChI is InChI=1S/C51H32N6O/c1-4-15-32(16-5-1)49-53-50(33-17-6-2-7-18-33)55-51(54-49)38-22-14-26-45-46(38)39-31-35(27-30-44(39)58-45)57-42-24-12-10-21-36(42)37-28-29-41-48(47(37)57)56(34-19-8-3-9-20-34)43-25-13-11-23-40(43)52-41/h1-31,52H. The Morgan fingerprint density at radius 1 is 0.448 bits per heavy atom. The van der Waals surface area contributed by atoms with Crippen LogP contribution in [0.15, 0.2) is 192 Å². The predicted octanol–water partition coefficient (Wildman–Crippen LogP) is 13.4. The van der Waals surface area contributed by atoms with E-state index in [0.29, 0.717) is 17.5 Å². The molecule has 0 spiro atoms. The smallest absolute Gasteiger partial charge is 0.164 e. The van der Waals surface area contributed by atoms with Gasteiger partial charge in [-0.3, -0.25) is 0 Å². The Labute approximate surface area is 333 Å². The van der Waals surface area contributed by atoms with E-state index in [-0.39, 0.29) is 0 Å². The molecule has 8 aromatic carbocycles. The molecular weight excluding hydrogens is 713 g/mol. The van der Waals surface area contributed by atoms with Crippen LogP contribution in [0.3, 0.4) is 0 Å². The Hall–Kier alpha value is -8.03. The normalized spacial score (nSPS) is 12.2. The number of nitrogens with zero attached hydrogens (tertiary/aromatic N) is 5. The monoisotopic (exact) mass is 744 g/mol. The third-order valence-electron chi connectivity index (χ3n) is 11.1. The van der Waals surface area contributed by atoms with Crippen molar-refractivity contribution in [2.45, 2.75) is 0 Å². The third kappa shape index (κ3) is 4.97. The van der Waals surface area contributed by atoms with Crippen molar-refractivity contribution in [2.75, 3.05) is 10.2 Å². The molecule has 12 rings (SSSR count). The average Bonchev–Trinajstić information content (AvgIpc) is 3.84. The van der Waals surface area contributed by atoms with Crippen LogP contribution in [-0.4, -0.2) is 19.5 Å². The number of para-hydroxylation sites is 4. The molecule has 7 nitrogen and oxygen atoms in total. The molecule has 4 heterocycles. The molecule has 0 amide bonds. The minimum absolute atomic E-state index is 0.584. The van der Waals surface area contributed by atoms with E-state index in [4.69, 9.17) is 19.4 Å². The first-order valence-electron chi connectivity index (χ1n) is 19.4. The van der Waals surface area contributed by atoms with Crippen molar-refractivity contribution in [1.29, 1.82) is 0 Å². The molecule has 272 valence electrons. The summed E-state index contributed by atoms with van der Waals surface area (Å²) in [6.45, 7) is 0. The highest BCUT2D eigenvalue weighted by molar-refractivity contribution is 6.19. The lowest BCUT2D eigenvalue weighted by Crippen LogP contribution is -2.18. The number of furan rings is 1. The summed E-state index contributed by atoms with van der Waals surface area (Å²) in [6, 6.07) is 65.0. The van der Waals surface area contributed by atoms with Gasteiger partial charge in [0.1, 0.15) is 11.2 Å². The molecular formula is C51H32N6O. The lowest BCUT2D eigenvalue weighted by Gasteiger charge is -2.35. The molecule has 7 heteroatoms. The molecule has 0 saturated carbocycles. The second-order valence-corrected chi connectivity index (χ2v) is 14.5. The molecule has 11 aromatic rings. The molecule has 0 radical (unpaired) electrons. The number of anilines is 5. The first kappa shape index (κ1) is 32.2. The Morgan fingerprint density at radius 3 is 1.90 bits per heavy atom. The molecule has 58 heavy (non-hydrogen) atoms. The predicted molar refractivity (Wildman–Crippen MR) is 236 cm³/mol. The number of fused-ring (bicyclic) bond motifs is 9. The Morgan fingerprint density at radius 2 is 1.12 bits per heavy atom. The van der Waals surface area contributed by atoms with Gasteiger partial charge in [0.15, 0.2) is 17.5 Å². The van der Waals surface area contributed by atoms with E-state index < -0.39 is 0 Å². The molecule has 1 aliphatic heterocycles. The minimum atomic E-state index is 0.584. The zero-order chi connectivity index (χ0) is 38.2. The summed E-state index contributed by atoms with van der Waals surface area (Å²) < 4.78 is 9.00. The number of hydrogen-bond donors (Lipinski definition) is 1. The van der Waals surface area contributed by atoms with E-state index in [0.717, 1.165) is 83.8 Å². The third-order valence-corrected chi connectivity index (χ3v) is 11.1. The maximum absolute atomic E-state index is 6.60. The number of benzene rings is 8. The van der Waals surface area contributed by atoms with Gasteiger partial charge in [-0.1, -0.05) is 121 Å². The summed E-state index contributed by atoms with van der Waals surface area (Å²) in [6.07, 6.45) is 0. The highest BCUT2D eigenvalue weighted by atomic mass is 16.3. The summed E-state index contributed by atoms with van der Waals surface area (Å²) in [4.78, 5) is 17.6. The quantitative estimate of drug-likeness (QED) is 0.189. The van der Waals surface area contributed by atoms with Crippen molar-refractivity contribution >= 4 is 72.2 Å². The second kappa shape index (κ2) is 12.8. The summed E-state index contributed by atoms with van der Waals surface area (Å²) in [5, 5.41) is 8.05. The van der Waals surface area contributed by atoms with E-state index in [1.807, 2.05) is 72.8 Å².